The van der Waals surface area contributed by atoms with Crippen molar-refractivity contribution in [2.45, 2.75) is 32.8 Å². The Bertz CT molecular complexity index is 1260. The standard InChI is InChI=1S/C24H21F3N4O3/c1-15-5-7-17(8-6-15)16(2)28-21(32)14-31-13-3-4-20(31)23-29-22(30-34-23)18-9-11-19(12-10-18)33-24(25,26)27/h3-13,16H,14H2,1-2H3,(H,28,32). The third-order valence-corrected chi connectivity index (χ3v) is 5.09. The molecule has 4 rings (SSSR count). The Morgan fingerprint density at radius 3 is 2.50 bits per heavy atom. The zero-order valence-corrected chi connectivity index (χ0v) is 18.3. The normalized spacial score (nSPS) is 12.4. The molecule has 2 aromatic heterocycles. The van der Waals surface area contributed by atoms with E-state index in [2.05, 4.69) is 20.2 Å². The summed E-state index contributed by atoms with van der Waals surface area (Å²) < 4.78 is 47.9. The molecule has 2 heterocycles. The highest BCUT2D eigenvalue weighted by Gasteiger charge is 2.31. The Hall–Kier alpha value is -4.08. The summed E-state index contributed by atoms with van der Waals surface area (Å²) in [7, 11) is 0. The highest BCUT2D eigenvalue weighted by molar-refractivity contribution is 5.77. The predicted molar refractivity (Wildman–Crippen MR) is 118 cm³/mol. The van der Waals surface area contributed by atoms with E-state index in [9.17, 15) is 18.0 Å². The van der Waals surface area contributed by atoms with Crippen LogP contribution in [-0.2, 0) is 11.3 Å². The Balaban J connectivity index is 1.43. The number of aryl methyl sites for hydroxylation is 1. The zero-order valence-electron chi connectivity index (χ0n) is 18.3. The zero-order chi connectivity index (χ0) is 24.3. The van der Waals surface area contributed by atoms with Crippen LogP contribution in [0.25, 0.3) is 23.0 Å². The maximum absolute atomic E-state index is 12.6. The van der Waals surface area contributed by atoms with Crippen molar-refractivity contribution in [1.82, 2.24) is 20.0 Å². The van der Waals surface area contributed by atoms with Gasteiger partial charge in [-0.05, 0) is 55.8 Å². The molecule has 4 aromatic rings. The minimum Gasteiger partial charge on any atom is -0.406 e. The van der Waals surface area contributed by atoms with Crippen LogP contribution in [0.5, 0.6) is 5.75 Å². The highest BCUT2D eigenvalue weighted by atomic mass is 19.4. The van der Waals surface area contributed by atoms with Gasteiger partial charge in [-0.2, -0.15) is 4.98 Å². The first kappa shape index (κ1) is 23.1. The number of aromatic nitrogens is 3. The molecule has 0 aliphatic carbocycles. The van der Waals surface area contributed by atoms with Crippen molar-refractivity contribution in [1.29, 1.82) is 0 Å². The summed E-state index contributed by atoms with van der Waals surface area (Å²) >= 11 is 0. The van der Waals surface area contributed by atoms with Gasteiger partial charge in [0.1, 0.15) is 18.0 Å². The van der Waals surface area contributed by atoms with Crippen LogP contribution in [-0.4, -0.2) is 27.0 Å². The number of hydrogen-bond acceptors (Lipinski definition) is 5. The Kier molecular flexibility index (Phi) is 6.40. The molecule has 34 heavy (non-hydrogen) atoms. The number of carbonyl (C=O) groups is 1. The van der Waals surface area contributed by atoms with E-state index in [1.807, 2.05) is 38.1 Å². The van der Waals surface area contributed by atoms with Crippen molar-refractivity contribution in [3.63, 3.8) is 0 Å². The first-order valence-electron chi connectivity index (χ1n) is 10.4. The van der Waals surface area contributed by atoms with Crippen LogP contribution in [0.15, 0.2) is 71.4 Å². The lowest BCUT2D eigenvalue weighted by Gasteiger charge is -2.15. The van der Waals surface area contributed by atoms with E-state index in [1.54, 1.807) is 22.9 Å². The van der Waals surface area contributed by atoms with E-state index < -0.39 is 6.36 Å². The predicted octanol–water partition coefficient (Wildman–Crippen LogP) is 5.29. The molecule has 0 fully saturated rings. The van der Waals surface area contributed by atoms with Crippen LogP contribution < -0.4 is 10.1 Å². The minimum atomic E-state index is -4.77. The van der Waals surface area contributed by atoms with Crippen LogP contribution in [0.2, 0.25) is 0 Å². The minimum absolute atomic E-state index is 0.0414. The van der Waals surface area contributed by atoms with Crippen LogP contribution in [0.4, 0.5) is 13.2 Å². The second-order valence-electron chi connectivity index (χ2n) is 7.72. The maximum atomic E-state index is 12.6. The third kappa shape index (κ3) is 5.64. The monoisotopic (exact) mass is 470 g/mol. The average molecular weight is 470 g/mol. The molecule has 1 atom stereocenters. The van der Waals surface area contributed by atoms with Gasteiger partial charge in [0, 0.05) is 11.8 Å². The van der Waals surface area contributed by atoms with Crippen molar-refractivity contribution in [3.8, 4) is 28.7 Å². The SMILES string of the molecule is Cc1ccc(C(C)NC(=O)Cn2cccc2-c2nc(-c3ccc(OC(F)(F)F)cc3)no2)cc1. The molecule has 1 unspecified atom stereocenters. The van der Waals surface area contributed by atoms with Crippen molar-refractivity contribution < 1.29 is 27.2 Å². The number of amides is 1. The molecule has 0 spiro atoms. The molecule has 0 saturated heterocycles. The fourth-order valence-corrected chi connectivity index (χ4v) is 3.38. The number of nitrogens with one attached hydrogen (secondary N) is 1. The van der Waals surface area contributed by atoms with Gasteiger partial charge in [0.25, 0.3) is 5.89 Å². The number of nitrogens with zero attached hydrogens (tertiary/aromatic N) is 3. The molecule has 0 saturated carbocycles. The Labute approximate surface area is 193 Å². The third-order valence-electron chi connectivity index (χ3n) is 5.09. The molecule has 0 bridgehead atoms. The van der Waals surface area contributed by atoms with Crippen molar-refractivity contribution >= 4 is 5.91 Å². The average Bonchev–Trinajstić information content (AvgIpc) is 3.43. The van der Waals surface area contributed by atoms with Gasteiger partial charge in [-0.1, -0.05) is 35.0 Å². The van der Waals surface area contributed by atoms with Crippen LogP contribution in [0.3, 0.4) is 0 Å². The molecule has 7 nitrogen and oxygen atoms in total. The number of carbonyl (C=O) groups excluding carboxylic acids is 1. The molecular formula is C24H21F3N4O3. The van der Waals surface area contributed by atoms with E-state index in [0.29, 0.717) is 11.3 Å². The summed E-state index contributed by atoms with van der Waals surface area (Å²) in [6.45, 7) is 3.95. The molecule has 1 N–H and O–H groups in total. The number of benzene rings is 2. The van der Waals surface area contributed by atoms with E-state index >= 15 is 0 Å². The quantitative estimate of drug-likeness (QED) is 0.397. The molecule has 0 radical (unpaired) electrons. The topological polar surface area (TPSA) is 82.2 Å². The maximum Gasteiger partial charge on any atom is 0.573 e. The van der Waals surface area contributed by atoms with Crippen molar-refractivity contribution in [2.24, 2.45) is 0 Å². The lowest BCUT2D eigenvalue weighted by molar-refractivity contribution is -0.274. The Morgan fingerprint density at radius 2 is 1.82 bits per heavy atom. The van der Waals surface area contributed by atoms with Crippen LogP contribution >= 0.6 is 0 Å². The first-order chi connectivity index (χ1) is 16.2. The number of halogens is 3. The highest BCUT2D eigenvalue weighted by Crippen LogP contribution is 2.27. The van der Waals surface area contributed by atoms with Gasteiger partial charge in [0.05, 0.1) is 6.04 Å². The fraction of sp³-hybridized carbons (Fsp3) is 0.208. The number of alkyl halides is 3. The number of hydrogen-bond donors (Lipinski definition) is 1. The molecule has 2 aromatic carbocycles. The van der Waals surface area contributed by atoms with Gasteiger partial charge < -0.3 is 19.1 Å². The van der Waals surface area contributed by atoms with Crippen LogP contribution in [0.1, 0.15) is 24.1 Å². The molecule has 1 amide bonds. The van der Waals surface area contributed by atoms with Crippen molar-refractivity contribution in [2.75, 3.05) is 0 Å². The summed E-state index contributed by atoms with van der Waals surface area (Å²) in [5.41, 5.74) is 3.13. The number of rotatable bonds is 7. The molecule has 10 heteroatoms. The van der Waals surface area contributed by atoms with Gasteiger partial charge in [-0.15, -0.1) is 13.2 Å². The summed E-state index contributed by atoms with van der Waals surface area (Å²) in [5.74, 6) is -0.168. The van der Waals surface area contributed by atoms with Gasteiger partial charge in [0.2, 0.25) is 11.7 Å². The summed E-state index contributed by atoms with van der Waals surface area (Å²) in [5, 5.41) is 6.87. The van der Waals surface area contributed by atoms with Gasteiger partial charge in [-0.25, -0.2) is 0 Å². The summed E-state index contributed by atoms with van der Waals surface area (Å²) in [6.07, 6.45) is -3.05. The summed E-state index contributed by atoms with van der Waals surface area (Å²) in [4.78, 5) is 16.9. The molecule has 0 aliphatic heterocycles. The molecular weight excluding hydrogens is 449 g/mol. The largest absolute Gasteiger partial charge is 0.573 e. The smallest absolute Gasteiger partial charge is 0.406 e. The van der Waals surface area contributed by atoms with E-state index in [4.69, 9.17) is 4.52 Å². The molecule has 0 aliphatic rings. The summed E-state index contributed by atoms with van der Waals surface area (Å²) in [6, 6.07) is 16.4. The van der Waals surface area contributed by atoms with Crippen LogP contribution in [0, 0.1) is 6.92 Å². The van der Waals surface area contributed by atoms with E-state index in [-0.39, 0.29) is 36.0 Å². The molecule has 176 valence electrons. The van der Waals surface area contributed by atoms with Gasteiger partial charge >= 0.3 is 6.36 Å². The fourth-order valence-electron chi connectivity index (χ4n) is 3.38. The lowest BCUT2D eigenvalue weighted by Crippen LogP contribution is -2.30. The van der Waals surface area contributed by atoms with Gasteiger partial charge in [-0.3, -0.25) is 4.79 Å². The van der Waals surface area contributed by atoms with Gasteiger partial charge in [0.15, 0.2) is 0 Å². The first-order valence-corrected chi connectivity index (χ1v) is 10.4. The second kappa shape index (κ2) is 9.42. The van der Waals surface area contributed by atoms with Crippen molar-refractivity contribution in [3.05, 3.63) is 78.0 Å². The number of ether oxygens (including phenoxy) is 1. The van der Waals surface area contributed by atoms with E-state index in [1.165, 1.54) is 24.3 Å². The second-order valence-corrected chi connectivity index (χ2v) is 7.72. The Morgan fingerprint density at radius 1 is 1.12 bits per heavy atom. The van der Waals surface area contributed by atoms with E-state index in [0.717, 1.165) is 11.1 Å². The lowest BCUT2D eigenvalue weighted by atomic mass is 10.1.